The Morgan fingerprint density at radius 3 is 2.55 bits per heavy atom. The predicted molar refractivity (Wildman–Crippen MR) is 76.8 cm³/mol. The Balaban J connectivity index is 2.01. The Labute approximate surface area is 118 Å². The lowest BCUT2D eigenvalue weighted by atomic mass is 10.2. The fraction of sp³-hybridized carbons (Fsp3) is 0.538. The maximum atomic E-state index is 4.69. The van der Waals surface area contributed by atoms with Crippen molar-refractivity contribution in [3.63, 3.8) is 0 Å². The Morgan fingerprint density at radius 1 is 1.20 bits per heavy atom. The number of aromatic nitrogens is 4. The molecule has 0 aliphatic heterocycles. The molecule has 2 heterocycles. The predicted octanol–water partition coefficient (Wildman–Crippen LogP) is 2.07. The molecule has 0 spiro atoms. The third-order valence-electron chi connectivity index (χ3n) is 2.68. The topological polar surface area (TPSA) is 88.8 Å². The molecule has 0 aromatic carbocycles. The van der Waals surface area contributed by atoms with Crippen LogP contribution in [-0.4, -0.2) is 33.2 Å². The smallest absolute Gasteiger partial charge is 0.213 e. The van der Waals surface area contributed by atoms with E-state index in [0.29, 0.717) is 18.8 Å². The maximum absolute atomic E-state index is 4.69. The molecule has 7 heteroatoms. The molecule has 0 radical (unpaired) electrons. The lowest BCUT2D eigenvalue weighted by molar-refractivity contribution is 0.410. The van der Waals surface area contributed by atoms with E-state index in [1.807, 2.05) is 13.0 Å². The molecule has 0 amide bonds. The van der Waals surface area contributed by atoms with Crippen LogP contribution in [0, 0.1) is 0 Å². The Bertz CT molecular complexity index is 526. The van der Waals surface area contributed by atoms with Gasteiger partial charge in [0, 0.05) is 31.5 Å². The average Bonchev–Trinajstić information content (AvgIpc) is 2.92. The molecule has 0 fully saturated rings. The minimum atomic E-state index is 0.284. The molecule has 0 aliphatic carbocycles. The Kier molecular flexibility index (Phi) is 4.86. The van der Waals surface area contributed by atoms with Crippen LogP contribution in [0.5, 0.6) is 0 Å². The summed E-state index contributed by atoms with van der Waals surface area (Å²) in [5, 5.41) is 10.2. The number of anilines is 2. The van der Waals surface area contributed by atoms with Crippen molar-refractivity contribution in [1.29, 1.82) is 0 Å². The minimum absolute atomic E-state index is 0.284. The fourth-order valence-electron chi connectivity index (χ4n) is 1.69. The third kappa shape index (κ3) is 3.91. The standard InChI is InChI=1S/C13H20N6O/c1-4-14-11-7-12(18-13(17-11)9(2)3)15-6-5-10-16-8-20-19-10/h7-9H,4-6H2,1-3H3,(H2,14,15,17,18). The zero-order chi connectivity index (χ0) is 14.4. The van der Waals surface area contributed by atoms with E-state index in [1.165, 1.54) is 6.39 Å². The summed E-state index contributed by atoms with van der Waals surface area (Å²) in [6.07, 6.45) is 2.02. The Morgan fingerprint density at radius 2 is 1.95 bits per heavy atom. The van der Waals surface area contributed by atoms with Crippen molar-refractivity contribution in [1.82, 2.24) is 20.1 Å². The van der Waals surface area contributed by atoms with Crippen LogP contribution >= 0.6 is 0 Å². The first-order chi connectivity index (χ1) is 9.69. The van der Waals surface area contributed by atoms with Gasteiger partial charge in [0.1, 0.15) is 17.5 Å². The summed E-state index contributed by atoms with van der Waals surface area (Å²) in [5.74, 6) is 3.44. The molecule has 0 saturated carbocycles. The minimum Gasteiger partial charge on any atom is -0.370 e. The van der Waals surface area contributed by atoms with Crippen molar-refractivity contribution in [3.05, 3.63) is 24.1 Å². The van der Waals surface area contributed by atoms with E-state index in [4.69, 9.17) is 4.52 Å². The highest BCUT2D eigenvalue weighted by Crippen LogP contribution is 2.16. The molecule has 2 aromatic rings. The van der Waals surface area contributed by atoms with Gasteiger partial charge in [-0.25, -0.2) is 9.97 Å². The van der Waals surface area contributed by atoms with Gasteiger partial charge >= 0.3 is 0 Å². The van der Waals surface area contributed by atoms with Gasteiger partial charge < -0.3 is 15.2 Å². The summed E-state index contributed by atoms with van der Waals surface area (Å²) < 4.78 is 4.69. The van der Waals surface area contributed by atoms with Crippen LogP contribution in [0.25, 0.3) is 0 Å². The van der Waals surface area contributed by atoms with E-state index in [1.54, 1.807) is 0 Å². The van der Waals surface area contributed by atoms with Gasteiger partial charge in [-0.05, 0) is 6.92 Å². The van der Waals surface area contributed by atoms with Crippen molar-refractivity contribution in [2.75, 3.05) is 23.7 Å². The van der Waals surface area contributed by atoms with Crippen LogP contribution in [0.1, 0.15) is 38.3 Å². The monoisotopic (exact) mass is 276 g/mol. The summed E-state index contributed by atoms with van der Waals surface area (Å²) in [4.78, 5) is 13.0. The van der Waals surface area contributed by atoms with Crippen molar-refractivity contribution < 1.29 is 4.52 Å². The van der Waals surface area contributed by atoms with Gasteiger partial charge in [0.05, 0.1) is 0 Å². The first-order valence-corrected chi connectivity index (χ1v) is 6.81. The van der Waals surface area contributed by atoms with Crippen molar-refractivity contribution in [3.8, 4) is 0 Å². The highest BCUT2D eigenvalue weighted by molar-refractivity contribution is 5.47. The molecule has 2 aromatic heterocycles. The fourth-order valence-corrected chi connectivity index (χ4v) is 1.69. The highest BCUT2D eigenvalue weighted by Gasteiger charge is 2.08. The van der Waals surface area contributed by atoms with E-state index in [-0.39, 0.29) is 5.92 Å². The van der Waals surface area contributed by atoms with E-state index < -0.39 is 0 Å². The summed E-state index contributed by atoms with van der Waals surface area (Å²) in [5.41, 5.74) is 0. The summed E-state index contributed by atoms with van der Waals surface area (Å²) >= 11 is 0. The molecule has 0 bridgehead atoms. The molecule has 0 unspecified atom stereocenters. The lowest BCUT2D eigenvalue weighted by Gasteiger charge is -2.11. The van der Waals surface area contributed by atoms with E-state index in [2.05, 4.69) is 44.6 Å². The largest absolute Gasteiger partial charge is 0.370 e. The third-order valence-corrected chi connectivity index (χ3v) is 2.68. The molecule has 108 valence electrons. The second-order valence-electron chi connectivity index (χ2n) is 4.71. The quantitative estimate of drug-likeness (QED) is 0.800. The first-order valence-electron chi connectivity index (χ1n) is 6.81. The normalized spacial score (nSPS) is 10.8. The molecule has 2 rings (SSSR count). The van der Waals surface area contributed by atoms with Crippen LogP contribution in [-0.2, 0) is 6.42 Å². The molecule has 0 aliphatic rings. The highest BCUT2D eigenvalue weighted by atomic mass is 16.5. The molecule has 20 heavy (non-hydrogen) atoms. The average molecular weight is 276 g/mol. The summed E-state index contributed by atoms with van der Waals surface area (Å²) in [6.45, 7) is 7.72. The number of hydrogen-bond acceptors (Lipinski definition) is 7. The van der Waals surface area contributed by atoms with Crippen LogP contribution < -0.4 is 10.6 Å². The zero-order valence-corrected chi connectivity index (χ0v) is 12.1. The number of nitrogens with zero attached hydrogens (tertiary/aromatic N) is 4. The Hall–Kier alpha value is -2.18. The molecule has 0 saturated heterocycles. The van der Waals surface area contributed by atoms with Crippen molar-refractivity contribution in [2.24, 2.45) is 0 Å². The van der Waals surface area contributed by atoms with E-state index in [9.17, 15) is 0 Å². The second kappa shape index (κ2) is 6.83. The van der Waals surface area contributed by atoms with Gasteiger partial charge in [-0.1, -0.05) is 19.0 Å². The number of hydrogen-bond donors (Lipinski definition) is 2. The van der Waals surface area contributed by atoms with Crippen molar-refractivity contribution in [2.45, 2.75) is 33.1 Å². The second-order valence-corrected chi connectivity index (χ2v) is 4.71. The molecule has 0 atom stereocenters. The van der Waals surface area contributed by atoms with E-state index >= 15 is 0 Å². The van der Waals surface area contributed by atoms with Gasteiger partial charge in [-0.3, -0.25) is 0 Å². The molecular weight excluding hydrogens is 256 g/mol. The molecule has 2 N–H and O–H groups in total. The SMILES string of the molecule is CCNc1cc(NCCc2ncon2)nc(C(C)C)n1. The van der Waals surface area contributed by atoms with Crippen LogP contribution in [0.15, 0.2) is 17.0 Å². The zero-order valence-electron chi connectivity index (χ0n) is 12.1. The lowest BCUT2D eigenvalue weighted by Crippen LogP contribution is -2.11. The van der Waals surface area contributed by atoms with Gasteiger partial charge in [-0.15, -0.1) is 0 Å². The molecule has 7 nitrogen and oxygen atoms in total. The summed E-state index contributed by atoms with van der Waals surface area (Å²) in [7, 11) is 0. The number of nitrogens with one attached hydrogen (secondary N) is 2. The van der Waals surface area contributed by atoms with E-state index in [0.717, 1.165) is 24.0 Å². The number of rotatable bonds is 7. The van der Waals surface area contributed by atoms with Crippen LogP contribution in [0.2, 0.25) is 0 Å². The summed E-state index contributed by atoms with van der Waals surface area (Å²) in [6, 6.07) is 1.91. The van der Waals surface area contributed by atoms with Crippen LogP contribution in [0.4, 0.5) is 11.6 Å². The van der Waals surface area contributed by atoms with Crippen molar-refractivity contribution >= 4 is 11.6 Å². The van der Waals surface area contributed by atoms with Gasteiger partial charge in [0.15, 0.2) is 5.82 Å². The first kappa shape index (κ1) is 14.2. The van der Waals surface area contributed by atoms with Gasteiger partial charge in [-0.2, -0.15) is 4.98 Å². The maximum Gasteiger partial charge on any atom is 0.213 e. The van der Waals surface area contributed by atoms with Gasteiger partial charge in [0.2, 0.25) is 6.39 Å². The van der Waals surface area contributed by atoms with Crippen LogP contribution in [0.3, 0.4) is 0 Å². The molecular formula is C13H20N6O. The van der Waals surface area contributed by atoms with Gasteiger partial charge in [0.25, 0.3) is 0 Å².